The monoisotopic (exact) mass is 381 g/mol. The normalized spacial score (nSPS) is 12.3. The van der Waals surface area contributed by atoms with E-state index in [4.69, 9.17) is 11.6 Å². The maximum Gasteiger partial charge on any atom is 0.185 e. The molecule has 0 fully saturated rings. The lowest BCUT2D eigenvalue weighted by Gasteiger charge is -2.18. The molecule has 7 heteroatoms. The van der Waals surface area contributed by atoms with Gasteiger partial charge in [0.1, 0.15) is 5.69 Å². The minimum absolute atomic E-state index is 0.160. The van der Waals surface area contributed by atoms with Crippen molar-refractivity contribution in [3.05, 3.63) is 62.6 Å². The van der Waals surface area contributed by atoms with Crippen molar-refractivity contribution >= 4 is 33.2 Å². The molecular weight excluding hydrogens is 374 g/mol. The number of rotatable bonds is 3. The minimum atomic E-state index is -1.48. The standard InChI is InChI=1S/C14H9BrClF4N/c1-6(8-3-2-7(15)4-9(8)16)21-14-12(19)10(17)5-11(18)13(14)20/h2-6,21H,1H3. The van der Waals surface area contributed by atoms with Crippen molar-refractivity contribution in [1.82, 2.24) is 0 Å². The van der Waals surface area contributed by atoms with Crippen molar-refractivity contribution in [3.8, 4) is 0 Å². The highest BCUT2D eigenvalue weighted by Crippen LogP contribution is 2.31. The molecule has 0 radical (unpaired) electrons. The molecule has 0 aliphatic heterocycles. The van der Waals surface area contributed by atoms with E-state index in [1.54, 1.807) is 25.1 Å². The van der Waals surface area contributed by atoms with Gasteiger partial charge in [-0.3, -0.25) is 0 Å². The second-order valence-corrected chi connectivity index (χ2v) is 5.70. The molecule has 0 amide bonds. The summed E-state index contributed by atoms with van der Waals surface area (Å²) in [6, 6.07) is 4.44. The van der Waals surface area contributed by atoms with Crippen LogP contribution in [0.4, 0.5) is 23.2 Å². The van der Waals surface area contributed by atoms with Crippen LogP contribution in [-0.4, -0.2) is 0 Å². The van der Waals surface area contributed by atoms with E-state index in [-0.39, 0.29) is 6.07 Å². The average Bonchev–Trinajstić information content (AvgIpc) is 2.41. The largest absolute Gasteiger partial charge is 0.374 e. The van der Waals surface area contributed by atoms with Gasteiger partial charge >= 0.3 is 0 Å². The molecule has 0 aliphatic carbocycles. The van der Waals surface area contributed by atoms with Crippen molar-refractivity contribution in [1.29, 1.82) is 0 Å². The van der Waals surface area contributed by atoms with Gasteiger partial charge in [0.05, 0.1) is 6.04 Å². The summed E-state index contributed by atoms with van der Waals surface area (Å²) in [5, 5.41) is 2.76. The van der Waals surface area contributed by atoms with Crippen molar-refractivity contribution < 1.29 is 17.6 Å². The van der Waals surface area contributed by atoms with Gasteiger partial charge in [0.2, 0.25) is 0 Å². The second-order valence-electron chi connectivity index (χ2n) is 4.38. The smallest absolute Gasteiger partial charge is 0.185 e. The lowest BCUT2D eigenvalue weighted by atomic mass is 10.1. The quantitative estimate of drug-likeness (QED) is 0.520. The first-order valence-electron chi connectivity index (χ1n) is 5.85. The molecule has 0 bridgehead atoms. The minimum Gasteiger partial charge on any atom is -0.374 e. The molecule has 21 heavy (non-hydrogen) atoms. The summed E-state index contributed by atoms with van der Waals surface area (Å²) in [7, 11) is 0. The van der Waals surface area contributed by atoms with E-state index in [1.165, 1.54) is 0 Å². The highest BCUT2D eigenvalue weighted by molar-refractivity contribution is 9.10. The van der Waals surface area contributed by atoms with E-state index in [1.807, 2.05) is 0 Å². The molecule has 2 aromatic carbocycles. The van der Waals surface area contributed by atoms with Crippen molar-refractivity contribution in [2.75, 3.05) is 5.32 Å². The van der Waals surface area contributed by atoms with Gasteiger partial charge < -0.3 is 5.32 Å². The maximum atomic E-state index is 13.6. The molecular formula is C14H9BrClF4N. The lowest BCUT2D eigenvalue weighted by Crippen LogP contribution is -2.12. The molecule has 2 aromatic rings. The Morgan fingerprint density at radius 3 is 2.14 bits per heavy atom. The van der Waals surface area contributed by atoms with Gasteiger partial charge in [-0.2, -0.15) is 0 Å². The predicted molar refractivity (Wildman–Crippen MR) is 77.5 cm³/mol. The van der Waals surface area contributed by atoms with Crippen molar-refractivity contribution in [2.45, 2.75) is 13.0 Å². The van der Waals surface area contributed by atoms with Crippen LogP contribution in [0.15, 0.2) is 28.7 Å². The Morgan fingerprint density at radius 2 is 1.62 bits per heavy atom. The van der Waals surface area contributed by atoms with Gasteiger partial charge in [-0.1, -0.05) is 33.6 Å². The van der Waals surface area contributed by atoms with E-state index >= 15 is 0 Å². The summed E-state index contributed by atoms with van der Waals surface area (Å²) in [5.74, 6) is -5.89. The Balaban J connectivity index is 2.38. The van der Waals surface area contributed by atoms with E-state index in [9.17, 15) is 17.6 Å². The third-order valence-electron chi connectivity index (χ3n) is 2.90. The third kappa shape index (κ3) is 3.32. The Labute approximate surface area is 132 Å². The van der Waals surface area contributed by atoms with E-state index in [2.05, 4.69) is 21.2 Å². The van der Waals surface area contributed by atoms with E-state index in [0.29, 0.717) is 10.6 Å². The fourth-order valence-corrected chi connectivity index (χ4v) is 2.68. The Hall–Kier alpha value is -1.27. The van der Waals surface area contributed by atoms with E-state index < -0.39 is 35.0 Å². The summed E-state index contributed by atoms with van der Waals surface area (Å²) in [5.41, 5.74) is -0.331. The molecule has 1 atom stereocenters. The predicted octanol–water partition coefficient (Wildman–Crippen LogP) is 5.83. The molecule has 112 valence electrons. The van der Waals surface area contributed by atoms with Crippen molar-refractivity contribution in [3.63, 3.8) is 0 Å². The van der Waals surface area contributed by atoms with Crippen LogP contribution in [0.1, 0.15) is 18.5 Å². The zero-order chi connectivity index (χ0) is 15.7. The molecule has 0 saturated carbocycles. The number of benzene rings is 2. The summed E-state index contributed by atoms with van der Waals surface area (Å²) < 4.78 is 54.2. The summed E-state index contributed by atoms with van der Waals surface area (Å²) in [6.07, 6.45) is 0. The molecule has 1 nitrogen and oxygen atoms in total. The first-order chi connectivity index (χ1) is 9.81. The highest BCUT2D eigenvalue weighted by atomic mass is 79.9. The van der Waals surface area contributed by atoms with Crippen LogP contribution in [0.5, 0.6) is 0 Å². The van der Waals surface area contributed by atoms with Crippen LogP contribution < -0.4 is 5.32 Å². The van der Waals surface area contributed by atoms with Gasteiger partial charge in [-0.25, -0.2) is 17.6 Å². The average molecular weight is 383 g/mol. The topological polar surface area (TPSA) is 12.0 Å². The molecule has 2 rings (SSSR count). The maximum absolute atomic E-state index is 13.6. The number of anilines is 1. The summed E-state index contributed by atoms with van der Waals surface area (Å²) in [6.45, 7) is 1.57. The van der Waals surface area contributed by atoms with Crippen LogP contribution >= 0.6 is 27.5 Å². The number of halogens is 6. The summed E-state index contributed by atoms with van der Waals surface area (Å²) in [4.78, 5) is 0. The van der Waals surface area contributed by atoms with Gasteiger partial charge in [0.25, 0.3) is 0 Å². The second kappa shape index (κ2) is 6.23. The zero-order valence-corrected chi connectivity index (χ0v) is 13.0. The Kier molecular flexibility index (Phi) is 4.78. The molecule has 1 unspecified atom stereocenters. The first kappa shape index (κ1) is 16.1. The highest BCUT2D eigenvalue weighted by Gasteiger charge is 2.21. The van der Waals surface area contributed by atoms with Crippen LogP contribution in [0.3, 0.4) is 0 Å². The fourth-order valence-electron chi connectivity index (χ4n) is 1.85. The van der Waals surface area contributed by atoms with Crippen molar-refractivity contribution in [2.24, 2.45) is 0 Å². The SMILES string of the molecule is CC(Nc1c(F)c(F)cc(F)c1F)c1ccc(Br)cc1Cl. The Morgan fingerprint density at radius 1 is 1.05 bits per heavy atom. The van der Waals surface area contributed by atoms with Crippen LogP contribution in [0, 0.1) is 23.3 Å². The number of hydrogen-bond donors (Lipinski definition) is 1. The van der Waals surface area contributed by atoms with Crippen LogP contribution in [0.2, 0.25) is 5.02 Å². The van der Waals surface area contributed by atoms with Crippen LogP contribution in [0.25, 0.3) is 0 Å². The molecule has 0 saturated heterocycles. The van der Waals surface area contributed by atoms with Gasteiger partial charge in [0, 0.05) is 15.6 Å². The van der Waals surface area contributed by atoms with Gasteiger partial charge in [0.15, 0.2) is 23.3 Å². The molecule has 0 spiro atoms. The lowest BCUT2D eigenvalue weighted by molar-refractivity contribution is 0.457. The first-order valence-corrected chi connectivity index (χ1v) is 7.02. The van der Waals surface area contributed by atoms with Crippen LogP contribution in [-0.2, 0) is 0 Å². The molecule has 0 aromatic heterocycles. The fraction of sp³-hybridized carbons (Fsp3) is 0.143. The number of hydrogen-bond acceptors (Lipinski definition) is 1. The van der Waals surface area contributed by atoms with E-state index in [0.717, 1.165) is 4.47 Å². The third-order valence-corrected chi connectivity index (χ3v) is 3.72. The molecule has 0 aliphatic rings. The molecule has 1 N–H and O–H groups in total. The Bertz CT molecular complexity index is 667. The number of nitrogens with one attached hydrogen (secondary N) is 1. The zero-order valence-electron chi connectivity index (χ0n) is 10.7. The summed E-state index contributed by atoms with van der Waals surface area (Å²) >= 11 is 9.26. The molecule has 0 heterocycles. The van der Waals surface area contributed by atoms with Gasteiger partial charge in [-0.05, 0) is 24.6 Å². The van der Waals surface area contributed by atoms with Gasteiger partial charge in [-0.15, -0.1) is 0 Å².